The zero-order chi connectivity index (χ0) is 25.2. The van der Waals surface area contributed by atoms with Gasteiger partial charge in [0.15, 0.2) is 0 Å². The fourth-order valence-corrected chi connectivity index (χ4v) is 5.93. The summed E-state index contributed by atoms with van der Waals surface area (Å²) < 4.78 is 14.5. The number of hydrogen-bond donors (Lipinski definition) is 0. The molecule has 0 N–H and O–H groups in total. The van der Waals surface area contributed by atoms with Gasteiger partial charge in [-0.05, 0) is 49.4 Å². The van der Waals surface area contributed by atoms with E-state index >= 15 is 0 Å². The van der Waals surface area contributed by atoms with Gasteiger partial charge in [-0.25, -0.2) is 14.4 Å². The molecule has 0 saturated carbocycles. The van der Waals surface area contributed by atoms with Crippen molar-refractivity contribution in [1.29, 1.82) is 0 Å². The number of halogens is 1. The van der Waals surface area contributed by atoms with Crippen molar-refractivity contribution in [3.8, 4) is 0 Å². The van der Waals surface area contributed by atoms with Crippen LogP contribution >= 0.6 is 0 Å². The van der Waals surface area contributed by atoms with E-state index in [1.165, 1.54) is 11.3 Å². The Morgan fingerprint density at radius 3 is 2.47 bits per heavy atom. The summed E-state index contributed by atoms with van der Waals surface area (Å²) in [5.41, 5.74) is 3.86. The number of nitrogens with zero attached hydrogens (tertiary/aromatic N) is 6. The minimum absolute atomic E-state index is 0.108. The third-order valence-corrected chi connectivity index (χ3v) is 8.39. The van der Waals surface area contributed by atoms with Gasteiger partial charge in [0.25, 0.3) is 0 Å². The van der Waals surface area contributed by atoms with Gasteiger partial charge in [-0.3, -0.25) is 9.69 Å². The Labute approximate surface area is 214 Å². The maximum absolute atomic E-state index is 14.5. The molecule has 1 aliphatic carbocycles. The van der Waals surface area contributed by atoms with Gasteiger partial charge in [0.05, 0.1) is 5.92 Å². The second kappa shape index (κ2) is 10.8. The van der Waals surface area contributed by atoms with Crippen LogP contribution in [0, 0.1) is 12.7 Å². The van der Waals surface area contributed by atoms with Crippen molar-refractivity contribution in [3.05, 3.63) is 52.7 Å². The third-order valence-electron chi connectivity index (χ3n) is 8.39. The van der Waals surface area contributed by atoms with Gasteiger partial charge < -0.3 is 14.7 Å². The zero-order valence-electron chi connectivity index (χ0n) is 21.9. The van der Waals surface area contributed by atoms with Crippen LogP contribution in [-0.2, 0) is 11.2 Å². The highest BCUT2D eigenvalue weighted by atomic mass is 19.1. The Morgan fingerprint density at radius 1 is 1.06 bits per heavy atom. The standard InChI is InChI=1S/C28H39FN6O/c1-4-32-9-11-33(12-10-32)18-23(22-7-5-20(2)24(29)17-22)28(36)35-15-13-34(14-16-35)27-26-21(3)6-8-25(26)30-19-31-27/h5,7,17,19,21,23H,4,6,8-16,18H2,1-3H3/t21-,23-/m1/s1. The molecule has 2 aliphatic heterocycles. The third kappa shape index (κ3) is 5.11. The minimum Gasteiger partial charge on any atom is -0.353 e. The van der Waals surface area contributed by atoms with Gasteiger partial charge in [-0.15, -0.1) is 0 Å². The van der Waals surface area contributed by atoms with Gasteiger partial charge in [0, 0.05) is 70.2 Å². The van der Waals surface area contributed by atoms with E-state index in [1.807, 2.05) is 11.0 Å². The van der Waals surface area contributed by atoms with Crippen LogP contribution in [0.25, 0.3) is 0 Å². The monoisotopic (exact) mass is 494 g/mol. The minimum atomic E-state index is -0.358. The quantitative estimate of drug-likeness (QED) is 0.615. The number of piperazine rings is 2. The van der Waals surface area contributed by atoms with E-state index in [2.05, 4.69) is 38.5 Å². The number of anilines is 1. The average Bonchev–Trinajstić information content (AvgIpc) is 3.30. The normalized spacial score (nSPS) is 22.1. The molecular formula is C28H39FN6O. The highest BCUT2D eigenvalue weighted by molar-refractivity contribution is 5.84. The summed E-state index contributed by atoms with van der Waals surface area (Å²) in [7, 11) is 0. The lowest BCUT2D eigenvalue weighted by atomic mass is 9.94. The largest absolute Gasteiger partial charge is 0.353 e. The molecule has 36 heavy (non-hydrogen) atoms. The molecule has 2 fully saturated rings. The first-order valence-corrected chi connectivity index (χ1v) is 13.5. The van der Waals surface area contributed by atoms with Crippen molar-refractivity contribution in [1.82, 2.24) is 24.7 Å². The summed E-state index contributed by atoms with van der Waals surface area (Å²) >= 11 is 0. The summed E-state index contributed by atoms with van der Waals surface area (Å²) in [6.45, 7) is 14.6. The van der Waals surface area contributed by atoms with Gasteiger partial charge >= 0.3 is 0 Å². The Hall–Kier alpha value is -2.58. The molecule has 0 radical (unpaired) electrons. The highest BCUT2D eigenvalue weighted by Crippen LogP contribution is 2.37. The molecule has 1 amide bonds. The van der Waals surface area contributed by atoms with Crippen LogP contribution in [0.3, 0.4) is 0 Å². The first-order valence-electron chi connectivity index (χ1n) is 13.5. The van der Waals surface area contributed by atoms with Crippen LogP contribution in [-0.4, -0.2) is 96.0 Å². The molecule has 2 aromatic rings. The molecule has 3 aliphatic rings. The number of carbonyl (C=O) groups is 1. The van der Waals surface area contributed by atoms with E-state index in [0.717, 1.165) is 70.0 Å². The Balaban J connectivity index is 1.30. The van der Waals surface area contributed by atoms with E-state index in [-0.39, 0.29) is 17.6 Å². The second-order valence-electron chi connectivity index (χ2n) is 10.6. The molecule has 2 atom stereocenters. The Kier molecular flexibility index (Phi) is 7.53. The van der Waals surface area contributed by atoms with E-state index in [0.29, 0.717) is 31.1 Å². The van der Waals surface area contributed by atoms with Crippen LogP contribution in [0.5, 0.6) is 0 Å². The topological polar surface area (TPSA) is 55.8 Å². The number of carbonyl (C=O) groups excluding carboxylic acids is 1. The van der Waals surface area contributed by atoms with Crippen molar-refractivity contribution in [2.24, 2.45) is 0 Å². The van der Waals surface area contributed by atoms with Crippen molar-refractivity contribution in [3.63, 3.8) is 0 Å². The van der Waals surface area contributed by atoms with Crippen molar-refractivity contribution >= 4 is 11.7 Å². The summed E-state index contributed by atoms with van der Waals surface area (Å²) in [5, 5.41) is 0. The molecule has 8 heteroatoms. The van der Waals surface area contributed by atoms with Crippen molar-refractivity contribution in [2.75, 3.05) is 70.3 Å². The van der Waals surface area contributed by atoms with Crippen LogP contribution in [0.1, 0.15) is 54.5 Å². The number of fused-ring (bicyclic) bond motifs is 1. The number of hydrogen-bond acceptors (Lipinski definition) is 6. The summed E-state index contributed by atoms with van der Waals surface area (Å²) in [4.78, 5) is 32.1. The summed E-state index contributed by atoms with van der Waals surface area (Å²) in [6.07, 6.45) is 3.83. The SMILES string of the molecule is CCN1CCN(C[C@@H](C(=O)N2CCN(c3ncnc4c3[C@H](C)CC4)CC2)c2ccc(C)c(F)c2)CC1. The van der Waals surface area contributed by atoms with Crippen LogP contribution in [0.2, 0.25) is 0 Å². The average molecular weight is 495 g/mol. The van der Waals surface area contributed by atoms with Gasteiger partial charge in [-0.2, -0.15) is 0 Å². The van der Waals surface area contributed by atoms with Gasteiger partial charge in [0.2, 0.25) is 5.91 Å². The molecule has 1 aromatic heterocycles. The number of aryl methyl sites for hydroxylation is 2. The summed E-state index contributed by atoms with van der Waals surface area (Å²) in [5.74, 6) is 1.03. The zero-order valence-corrected chi connectivity index (χ0v) is 21.9. The molecule has 2 saturated heterocycles. The predicted molar refractivity (Wildman–Crippen MR) is 140 cm³/mol. The van der Waals surface area contributed by atoms with E-state index in [9.17, 15) is 9.18 Å². The lowest BCUT2D eigenvalue weighted by Gasteiger charge is -2.40. The fourth-order valence-electron chi connectivity index (χ4n) is 5.93. The maximum Gasteiger partial charge on any atom is 0.231 e. The predicted octanol–water partition coefficient (Wildman–Crippen LogP) is 3.04. The van der Waals surface area contributed by atoms with Crippen LogP contribution in [0.15, 0.2) is 24.5 Å². The lowest BCUT2D eigenvalue weighted by molar-refractivity contribution is -0.133. The van der Waals surface area contributed by atoms with E-state index in [1.54, 1.807) is 25.4 Å². The molecule has 194 valence electrons. The smallest absolute Gasteiger partial charge is 0.231 e. The van der Waals surface area contributed by atoms with Gasteiger partial charge in [-0.1, -0.05) is 26.0 Å². The molecule has 1 aromatic carbocycles. The fraction of sp³-hybridized carbons (Fsp3) is 0.607. The Bertz CT molecular complexity index is 1080. The number of benzene rings is 1. The van der Waals surface area contributed by atoms with Gasteiger partial charge in [0.1, 0.15) is 18.0 Å². The van der Waals surface area contributed by atoms with Crippen molar-refractivity contribution in [2.45, 2.75) is 45.4 Å². The number of aromatic nitrogens is 2. The molecule has 5 rings (SSSR count). The van der Waals surface area contributed by atoms with Crippen LogP contribution < -0.4 is 4.90 Å². The molecule has 7 nitrogen and oxygen atoms in total. The van der Waals surface area contributed by atoms with E-state index in [4.69, 9.17) is 0 Å². The number of rotatable bonds is 6. The first-order chi connectivity index (χ1) is 17.4. The molecule has 0 spiro atoms. The Morgan fingerprint density at radius 2 is 1.78 bits per heavy atom. The maximum atomic E-state index is 14.5. The summed E-state index contributed by atoms with van der Waals surface area (Å²) in [6, 6.07) is 5.31. The number of amides is 1. The molecule has 0 unspecified atom stereocenters. The molecule has 0 bridgehead atoms. The second-order valence-corrected chi connectivity index (χ2v) is 10.6. The van der Waals surface area contributed by atoms with E-state index < -0.39 is 0 Å². The van der Waals surface area contributed by atoms with Crippen molar-refractivity contribution < 1.29 is 9.18 Å². The molecule has 3 heterocycles. The lowest BCUT2D eigenvalue weighted by Crippen LogP contribution is -2.53. The first kappa shape index (κ1) is 25.1. The molecular weight excluding hydrogens is 455 g/mol. The highest BCUT2D eigenvalue weighted by Gasteiger charge is 2.33. The van der Waals surface area contributed by atoms with Crippen LogP contribution in [0.4, 0.5) is 10.2 Å². The number of likely N-dealkylation sites (N-methyl/N-ethyl adjacent to an activating group) is 1.